The minimum absolute atomic E-state index is 0.0288. The summed E-state index contributed by atoms with van der Waals surface area (Å²) in [6.07, 6.45) is 2.90. The van der Waals surface area contributed by atoms with Gasteiger partial charge in [0.1, 0.15) is 0 Å². The number of urea groups is 1. The Morgan fingerprint density at radius 2 is 2.13 bits per heavy atom. The van der Waals surface area contributed by atoms with Crippen LogP contribution in [0.15, 0.2) is 11.3 Å². The van der Waals surface area contributed by atoms with Crippen LogP contribution in [0.1, 0.15) is 40.0 Å². The molecule has 0 fully saturated rings. The number of allylic oxidation sites excluding steroid dienone is 1. The number of hydrogen-bond donors (Lipinski definition) is 2. The van der Waals surface area contributed by atoms with E-state index >= 15 is 0 Å². The zero-order valence-electron chi connectivity index (χ0n) is 9.52. The lowest BCUT2D eigenvalue weighted by atomic mass is 9.95. The Kier molecular flexibility index (Phi) is 3.88. The van der Waals surface area contributed by atoms with Gasteiger partial charge in [0.25, 0.3) is 0 Å². The number of hydrogen-bond acceptors (Lipinski definition) is 2. The summed E-state index contributed by atoms with van der Waals surface area (Å²) < 4.78 is 0. The van der Waals surface area contributed by atoms with E-state index in [9.17, 15) is 9.59 Å². The zero-order chi connectivity index (χ0) is 11.4. The summed E-state index contributed by atoms with van der Waals surface area (Å²) in [6.45, 7) is 5.40. The largest absolute Gasteiger partial charge is 0.331 e. The molecular formula is C11H18N2O2. The van der Waals surface area contributed by atoms with Crippen molar-refractivity contribution in [3.63, 3.8) is 0 Å². The van der Waals surface area contributed by atoms with Gasteiger partial charge in [-0.1, -0.05) is 19.8 Å². The first kappa shape index (κ1) is 11.8. The maximum absolute atomic E-state index is 11.4. The summed E-state index contributed by atoms with van der Waals surface area (Å²) in [7, 11) is 0. The predicted octanol–water partition coefficient (Wildman–Crippen LogP) is 1.72. The number of ketones is 1. The highest BCUT2D eigenvalue weighted by Gasteiger charge is 2.26. The lowest BCUT2D eigenvalue weighted by molar-refractivity contribution is -0.114. The van der Waals surface area contributed by atoms with E-state index in [1.54, 1.807) is 6.92 Å². The van der Waals surface area contributed by atoms with Gasteiger partial charge in [0, 0.05) is 11.3 Å². The number of carbonyl (C=O) groups excluding carboxylic acids is 2. The van der Waals surface area contributed by atoms with Crippen molar-refractivity contribution in [2.24, 2.45) is 0 Å². The fraction of sp³-hybridized carbons (Fsp3) is 0.636. The predicted molar refractivity (Wildman–Crippen MR) is 58.4 cm³/mol. The Bertz CT molecular complexity index is 308. The van der Waals surface area contributed by atoms with E-state index in [1.165, 1.54) is 6.92 Å². The zero-order valence-corrected chi connectivity index (χ0v) is 9.52. The molecule has 0 aromatic heterocycles. The second-order valence-electron chi connectivity index (χ2n) is 3.89. The molecule has 0 aromatic rings. The van der Waals surface area contributed by atoms with E-state index in [0.29, 0.717) is 11.3 Å². The molecule has 4 heteroatoms. The molecule has 1 aliphatic rings. The molecule has 2 N–H and O–H groups in total. The first-order chi connectivity index (χ1) is 7.06. The van der Waals surface area contributed by atoms with Gasteiger partial charge >= 0.3 is 6.03 Å². The molecule has 1 aliphatic heterocycles. The lowest BCUT2D eigenvalue weighted by Gasteiger charge is -2.27. The van der Waals surface area contributed by atoms with Crippen LogP contribution in [0.4, 0.5) is 4.79 Å². The molecule has 1 unspecified atom stereocenters. The molecule has 4 nitrogen and oxygen atoms in total. The van der Waals surface area contributed by atoms with E-state index in [1.807, 2.05) is 0 Å². The number of unbranched alkanes of at least 4 members (excludes halogenated alkanes) is 1. The summed E-state index contributed by atoms with van der Waals surface area (Å²) in [5, 5.41) is 5.41. The highest BCUT2D eigenvalue weighted by molar-refractivity contribution is 5.98. The topological polar surface area (TPSA) is 58.2 Å². The van der Waals surface area contributed by atoms with Gasteiger partial charge in [0.2, 0.25) is 0 Å². The molecule has 15 heavy (non-hydrogen) atoms. The number of nitrogens with one attached hydrogen (secondary N) is 2. The van der Waals surface area contributed by atoms with Gasteiger partial charge in [-0.2, -0.15) is 0 Å². The van der Waals surface area contributed by atoms with Crippen LogP contribution < -0.4 is 10.6 Å². The monoisotopic (exact) mass is 210 g/mol. The molecule has 1 rings (SSSR count). The third kappa shape index (κ3) is 2.81. The maximum Gasteiger partial charge on any atom is 0.319 e. The molecule has 0 aliphatic carbocycles. The molecule has 1 atom stereocenters. The highest BCUT2D eigenvalue weighted by atomic mass is 16.2. The average molecular weight is 210 g/mol. The fourth-order valence-electron chi connectivity index (χ4n) is 1.90. The van der Waals surface area contributed by atoms with Crippen molar-refractivity contribution in [2.45, 2.75) is 46.1 Å². The molecule has 0 saturated heterocycles. The van der Waals surface area contributed by atoms with Gasteiger partial charge < -0.3 is 10.6 Å². The number of rotatable bonds is 4. The molecule has 0 saturated carbocycles. The van der Waals surface area contributed by atoms with E-state index in [0.717, 1.165) is 19.3 Å². The van der Waals surface area contributed by atoms with Gasteiger partial charge in [-0.15, -0.1) is 0 Å². The van der Waals surface area contributed by atoms with E-state index in [-0.39, 0.29) is 17.9 Å². The maximum atomic E-state index is 11.4. The van der Waals surface area contributed by atoms with Crippen molar-refractivity contribution in [1.82, 2.24) is 10.6 Å². The smallest absolute Gasteiger partial charge is 0.319 e. The van der Waals surface area contributed by atoms with E-state index in [2.05, 4.69) is 17.6 Å². The molecule has 84 valence electrons. The second-order valence-corrected chi connectivity index (χ2v) is 3.89. The highest BCUT2D eigenvalue weighted by Crippen LogP contribution is 2.17. The Morgan fingerprint density at radius 3 is 2.67 bits per heavy atom. The summed E-state index contributed by atoms with van der Waals surface area (Å²) >= 11 is 0. The standard InChI is InChI=1S/C11H18N2O2/c1-4-5-6-9-10(8(3)14)7(2)12-11(15)13-9/h9H,4-6H2,1-3H3,(H2,12,13,15). The van der Waals surface area contributed by atoms with Crippen molar-refractivity contribution in [1.29, 1.82) is 0 Å². The van der Waals surface area contributed by atoms with Crippen LogP contribution in [-0.2, 0) is 4.79 Å². The Morgan fingerprint density at radius 1 is 1.47 bits per heavy atom. The number of Topliss-reactive ketones (excluding diaryl/α,β-unsaturated/α-hetero) is 1. The van der Waals surface area contributed by atoms with Crippen LogP contribution in [0, 0.1) is 0 Å². The summed E-state index contributed by atoms with van der Waals surface area (Å²) in [5.41, 5.74) is 1.40. The summed E-state index contributed by atoms with van der Waals surface area (Å²) in [4.78, 5) is 22.7. The molecule has 0 bridgehead atoms. The molecular weight excluding hydrogens is 192 g/mol. The van der Waals surface area contributed by atoms with Crippen LogP contribution >= 0.6 is 0 Å². The summed E-state index contributed by atoms with van der Waals surface area (Å²) in [5.74, 6) is 0.0288. The minimum atomic E-state index is -0.210. The van der Waals surface area contributed by atoms with Crippen LogP contribution in [0.3, 0.4) is 0 Å². The molecule has 0 radical (unpaired) electrons. The second kappa shape index (κ2) is 4.96. The minimum Gasteiger partial charge on any atom is -0.331 e. The van der Waals surface area contributed by atoms with Crippen LogP contribution in [0.5, 0.6) is 0 Å². The molecule has 2 amide bonds. The summed E-state index contributed by atoms with van der Waals surface area (Å²) in [6, 6.07) is -0.324. The van der Waals surface area contributed by atoms with Crippen molar-refractivity contribution >= 4 is 11.8 Å². The molecule has 1 heterocycles. The molecule has 0 spiro atoms. The third-order valence-corrected chi connectivity index (χ3v) is 2.58. The van der Waals surface area contributed by atoms with Gasteiger partial charge in [0.15, 0.2) is 5.78 Å². The lowest BCUT2D eigenvalue weighted by Crippen LogP contribution is -2.49. The number of amides is 2. The van der Waals surface area contributed by atoms with Gasteiger partial charge in [-0.3, -0.25) is 4.79 Å². The van der Waals surface area contributed by atoms with Gasteiger partial charge in [-0.25, -0.2) is 4.79 Å². The SMILES string of the molecule is CCCCC1NC(=O)NC(C)=C1C(C)=O. The van der Waals surface area contributed by atoms with Crippen LogP contribution in [0.2, 0.25) is 0 Å². The Labute approximate surface area is 90.1 Å². The van der Waals surface area contributed by atoms with Crippen LogP contribution in [0.25, 0.3) is 0 Å². The normalized spacial score (nSPS) is 21.0. The molecule has 0 aromatic carbocycles. The first-order valence-electron chi connectivity index (χ1n) is 5.35. The Balaban J connectivity index is 2.86. The fourth-order valence-corrected chi connectivity index (χ4v) is 1.90. The quantitative estimate of drug-likeness (QED) is 0.742. The Hall–Kier alpha value is -1.32. The average Bonchev–Trinajstić information content (AvgIpc) is 2.12. The van der Waals surface area contributed by atoms with Crippen LogP contribution in [-0.4, -0.2) is 17.9 Å². The third-order valence-electron chi connectivity index (χ3n) is 2.58. The first-order valence-corrected chi connectivity index (χ1v) is 5.35. The van der Waals surface area contributed by atoms with E-state index in [4.69, 9.17) is 0 Å². The van der Waals surface area contributed by atoms with E-state index < -0.39 is 0 Å². The van der Waals surface area contributed by atoms with Gasteiger partial charge in [0.05, 0.1) is 6.04 Å². The van der Waals surface area contributed by atoms with Crippen molar-refractivity contribution < 1.29 is 9.59 Å². The van der Waals surface area contributed by atoms with Crippen molar-refractivity contribution in [3.8, 4) is 0 Å². The van der Waals surface area contributed by atoms with Gasteiger partial charge in [-0.05, 0) is 20.3 Å². The van der Waals surface area contributed by atoms with Crippen molar-refractivity contribution in [2.75, 3.05) is 0 Å². The number of carbonyl (C=O) groups is 2. The van der Waals surface area contributed by atoms with Crippen molar-refractivity contribution in [3.05, 3.63) is 11.3 Å².